The fourth-order valence-corrected chi connectivity index (χ4v) is 2.31. The second-order valence-corrected chi connectivity index (χ2v) is 5.75. The van der Waals surface area contributed by atoms with E-state index in [0.717, 1.165) is 13.1 Å². The molecule has 0 spiro atoms. The lowest BCUT2D eigenvalue weighted by Crippen LogP contribution is -2.46. The number of carbonyl (C=O) groups is 2. The number of hydrazone groups is 1. The first-order valence-corrected chi connectivity index (χ1v) is 7.37. The van der Waals surface area contributed by atoms with Crippen LogP contribution >= 0.6 is 0 Å². The van der Waals surface area contributed by atoms with Crippen LogP contribution in [0.1, 0.15) is 33.6 Å². The van der Waals surface area contributed by atoms with E-state index in [1.165, 1.54) is 6.92 Å². The zero-order valence-corrected chi connectivity index (χ0v) is 13.4. The van der Waals surface area contributed by atoms with E-state index in [0.29, 0.717) is 6.54 Å². The van der Waals surface area contributed by atoms with Gasteiger partial charge in [0, 0.05) is 31.8 Å². The Labute approximate surface area is 133 Å². The van der Waals surface area contributed by atoms with Crippen LogP contribution in [0, 0.1) is 0 Å². The van der Waals surface area contributed by atoms with E-state index in [2.05, 4.69) is 15.4 Å². The number of hydrogen-bond donors (Lipinski definition) is 1. The van der Waals surface area contributed by atoms with Gasteiger partial charge in [-0.3, -0.25) is 14.5 Å². The number of ketones is 1. The Morgan fingerprint density at radius 3 is 2.35 bits per heavy atom. The molecule has 0 saturated carbocycles. The Balaban J connectivity index is 2.33. The molecule has 1 rings (SSSR count). The normalized spacial score (nSPS) is 23.7. The van der Waals surface area contributed by atoms with Gasteiger partial charge in [0.15, 0.2) is 0 Å². The lowest BCUT2D eigenvalue weighted by molar-refractivity contribution is -0.169. The number of rotatable bonds is 6. The summed E-state index contributed by atoms with van der Waals surface area (Å²) in [5.41, 5.74) is 2.08. The smallest absolute Gasteiger partial charge is 0.373 e. The number of morpholine rings is 1. The summed E-state index contributed by atoms with van der Waals surface area (Å²) in [6, 6.07) is 0. The standard InChI is InChI=1S/C14H22F3N3O3/c1-9(6-12(21)14(15,16)17)18-19-13(22)4-5-20-7-10(2)23-11(3)8-20/h10-11H,4-8H2,1-3H3,(H,19,22)/b18-9-/t10-,11-/m1/s1. The van der Waals surface area contributed by atoms with Crippen LogP contribution in [0.5, 0.6) is 0 Å². The van der Waals surface area contributed by atoms with Crippen molar-refractivity contribution in [3.63, 3.8) is 0 Å². The molecule has 1 amide bonds. The molecule has 132 valence electrons. The molecule has 0 aromatic carbocycles. The molecule has 1 fully saturated rings. The summed E-state index contributed by atoms with van der Waals surface area (Å²) in [6.07, 6.45) is -5.39. The number of amides is 1. The van der Waals surface area contributed by atoms with Gasteiger partial charge < -0.3 is 4.74 Å². The number of nitrogens with one attached hydrogen (secondary N) is 1. The predicted molar refractivity (Wildman–Crippen MR) is 78.0 cm³/mol. The van der Waals surface area contributed by atoms with Crippen LogP contribution in [0.3, 0.4) is 0 Å². The minimum atomic E-state index is -4.88. The molecule has 0 aromatic rings. The lowest BCUT2D eigenvalue weighted by Gasteiger charge is -2.35. The maximum absolute atomic E-state index is 12.1. The van der Waals surface area contributed by atoms with E-state index in [4.69, 9.17) is 4.74 Å². The molecule has 0 unspecified atom stereocenters. The average molecular weight is 337 g/mol. The van der Waals surface area contributed by atoms with E-state index >= 15 is 0 Å². The largest absolute Gasteiger partial charge is 0.450 e. The fraction of sp³-hybridized carbons (Fsp3) is 0.786. The Hall–Kier alpha value is -1.48. The molecule has 1 aliphatic heterocycles. The van der Waals surface area contributed by atoms with E-state index in [9.17, 15) is 22.8 Å². The second-order valence-electron chi connectivity index (χ2n) is 5.75. The molecule has 1 N–H and O–H groups in total. The summed E-state index contributed by atoms with van der Waals surface area (Å²) in [5, 5.41) is 3.52. The molecule has 23 heavy (non-hydrogen) atoms. The van der Waals surface area contributed by atoms with Crippen LogP contribution < -0.4 is 5.43 Å². The highest BCUT2D eigenvalue weighted by atomic mass is 19.4. The number of carbonyl (C=O) groups excluding carboxylic acids is 2. The highest BCUT2D eigenvalue weighted by Crippen LogP contribution is 2.17. The van der Waals surface area contributed by atoms with Gasteiger partial charge in [0.2, 0.25) is 11.7 Å². The monoisotopic (exact) mass is 337 g/mol. The molecule has 1 saturated heterocycles. The number of nitrogens with zero attached hydrogens (tertiary/aromatic N) is 2. The molecule has 1 heterocycles. The van der Waals surface area contributed by atoms with Gasteiger partial charge in [-0.25, -0.2) is 5.43 Å². The molecular weight excluding hydrogens is 315 g/mol. The molecule has 2 atom stereocenters. The van der Waals surface area contributed by atoms with Crippen molar-refractivity contribution in [1.82, 2.24) is 10.3 Å². The summed E-state index contributed by atoms with van der Waals surface area (Å²) in [5.74, 6) is -2.29. The van der Waals surface area contributed by atoms with Crippen LogP contribution in [0.15, 0.2) is 5.10 Å². The Morgan fingerprint density at radius 1 is 1.26 bits per heavy atom. The third kappa shape index (κ3) is 7.56. The molecule has 0 aromatic heterocycles. The van der Waals surface area contributed by atoms with E-state index in [1.807, 2.05) is 13.8 Å². The van der Waals surface area contributed by atoms with Crippen LogP contribution in [0.4, 0.5) is 13.2 Å². The molecule has 9 heteroatoms. The summed E-state index contributed by atoms with van der Waals surface area (Å²) in [4.78, 5) is 24.5. The maximum atomic E-state index is 12.1. The van der Waals surface area contributed by atoms with E-state index < -0.39 is 24.3 Å². The van der Waals surface area contributed by atoms with Crippen LogP contribution in [0.2, 0.25) is 0 Å². The third-order valence-corrected chi connectivity index (χ3v) is 3.25. The van der Waals surface area contributed by atoms with Gasteiger partial charge >= 0.3 is 6.18 Å². The van der Waals surface area contributed by atoms with Crippen molar-refractivity contribution >= 4 is 17.4 Å². The first-order chi connectivity index (χ1) is 10.6. The van der Waals surface area contributed by atoms with Crippen molar-refractivity contribution < 1.29 is 27.5 Å². The fourth-order valence-electron chi connectivity index (χ4n) is 2.31. The molecule has 1 aliphatic rings. The number of alkyl halides is 3. The van der Waals surface area contributed by atoms with Gasteiger partial charge in [-0.2, -0.15) is 18.3 Å². The topological polar surface area (TPSA) is 71.0 Å². The Morgan fingerprint density at radius 2 is 1.83 bits per heavy atom. The lowest BCUT2D eigenvalue weighted by atomic mass is 10.2. The van der Waals surface area contributed by atoms with E-state index in [-0.39, 0.29) is 24.3 Å². The van der Waals surface area contributed by atoms with Gasteiger partial charge in [-0.15, -0.1) is 0 Å². The van der Waals surface area contributed by atoms with E-state index in [1.54, 1.807) is 0 Å². The van der Waals surface area contributed by atoms with Crippen LogP contribution in [0.25, 0.3) is 0 Å². The van der Waals surface area contributed by atoms with Gasteiger partial charge in [-0.05, 0) is 20.8 Å². The van der Waals surface area contributed by atoms with Crippen molar-refractivity contribution in [3.8, 4) is 0 Å². The van der Waals surface area contributed by atoms with Crippen molar-refractivity contribution in [2.75, 3.05) is 19.6 Å². The summed E-state index contributed by atoms with van der Waals surface area (Å²) in [6.45, 7) is 7.12. The first kappa shape index (κ1) is 19.6. The molecule has 6 nitrogen and oxygen atoms in total. The number of halogens is 3. The minimum absolute atomic E-state index is 0.0886. The van der Waals surface area contributed by atoms with Gasteiger partial charge in [0.25, 0.3) is 0 Å². The van der Waals surface area contributed by atoms with Crippen LogP contribution in [-0.2, 0) is 14.3 Å². The van der Waals surface area contributed by atoms with Crippen molar-refractivity contribution in [2.45, 2.75) is 52.0 Å². The van der Waals surface area contributed by atoms with Crippen molar-refractivity contribution in [2.24, 2.45) is 5.10 Å². The summed E-state index contributed by atoms with van der Waals surface area (Å²) < 4.78 is 41.9. The zero-order valence-electron chi connectivity index (χ0n) is 13.4. The Bertz CT molecular complexity index is 456. The molecule has 0 radical (unpaired) electrons. The maximum Gasteiger partial charge on any atom is 0.450 e. The van der Waals surface area contributed by atoms with Crippen molar-refractivity contribution in [3.05, 3.63) is 0 Å². The number of hydrogen-bond acceptors (Lipinski definition) is 5. The highest BCUT2D eigenvalue weighted by Gasteiger charge is 2.38. The average Bonchev–Trinajstić information content (AvgIpc) is 2.40. The van der Waals surface area contributed by atoms with Crippen molar-refractivity contribution in [1.29, 1.82) is 0 Å². The summed E-state index contributed by atoms with van der Waals surface area (Å²) in [7, 11) is 0. The third-order valence-electron chi connectivity index (χ3n) is 3.25. The zero-order chi connectivity index (χ0) is 17.6. The quantitative estimate of drug-likeness (QED) is 0.589. The second kappa shape index (κ2) is 8.39. The molecule has 0 bridgehead atoms. The predicted octanol–water partition coefficient (Wildman–Crippen LogP) is 1.50. The minimum Gasteiger partial charge on any atom is -0.373 e. The first-order valence-electron chi connectivity index (χ1n) is 7.37. The highest BCUT2D eigenvalue weighted by molar-refractivity contribution is 6.03. The van der Waals surface area contributed by atoms with Gasteiger partial charge in [0.1, 0.15) is 0 Å². The molecule has 0 aliphatic carbocycles. The summed E-state index contributed by atoms with van der Waals surface area (Å²) >= 11 is 0. The SMILES string of the molecule is C/C(CC(=O)C(F)(F)F)=N/NC(=O)CCN1C[C@@H](C)O[C@H](C)C1. The number of Topliss-reactive ketones (excluding diaryl/α,β-unsaturated/α-hetero) is 1. The Kier molecular flexibility index (Phi) is 7.14. The van der Waals surface area contributed by atoms with Crippen LogP contribution in [-0.4, -0.2) is 60.3 Å². The number of ether oxygens (including phenoxy) is 1. The molecular formula is C14H22F3N3O3. The van der Waals surface area contributed by atoms with Gasteiger partial charge in [0.05, 0.1) is 18.6 Å². The van der Waals surface area contributed by atoms with Gasteiger partial charge in [-0.1, -0.05) is 0 Å².